The minimum absolute atomic E-state index is 0.00559. The van der Waals surface area contributed by atoms with E-state index in [-0.39, 0.29) is 5.91 Å². The van der Waals surface area contributed by atoms with Gasteiger partial charge in [0.2, 0.25) is 0 Å². The number of nitrogens with one attached hydrogen (secondary N) is 1. The molecular formula is C20H27N3O3. The van der Waals surface area contributed by atoms with Crippen LogP contribution < -0.4 is 14.8 Å². The van der Waals surface area contributed by atoms with Crippen LogP contribution in [0.15, 0.2) is 36.7 Å². The Morgan fingerprint density at radius 2 is 1.81 bits per heavy atom. The lowest BCUT2D eigenvalue weighted by Gasteiger charge is -2.18. The van der Waals surface area contributed by atoms with E-state index in [9.17, 15) is 4.79 Å². The van der Waals surface area contributed by atoms with Crippen LogP contribution in [0.1, 0.15) is 29.8 Å². The second kappa shape index (κ2) is 9.65. The number of amides is 1. The van der Waals surface area contributed by atoms with E-state index in [1.54, 1.807) is 31.5 Å². The highest BCUT2D eigenvalue weighted by Gasteiger charge is 2.13. The fourth-order valence-electron chi connectivity index (χ4n) is 2.73. The summed E-state index contributed by atoms with van der Waals surface area (Å²) in [5, 5.41) is 3.32. The minimum atomic E-state index is 0.00559. The predicted octanol–water partition coefficient (Wildman–Crippen LogP) is 3.24. The molecule has 2 aromatic rings. The molecule has 2 rings (SSSR count). The lowest BCUT2D eigenvalue weighted by atomic mass is 10.1. The lowest BCUT2D eigenvalue weighted by molar-refractivity contribution is 0.0772. The molecule has 0 spiro atoms. The number of aromatic nitrogens is 1. The maximum atomic E-state index is 12.4. The minimum Gasteiger partial charge on any atom is -0.493 e. The Kier molecular flexibility index (Phi) is 7.26. The number of nitrogens with zero attached hydrogens (tertiary/aromatic N) is 2. The van der Waals surface area contributed by atoms with Gasteiger partial charge >= 0.3 is 0 Å². The summed E-state index contributed by atoms with van der Waals surface area (Å²) >= 11 is 0. The van der Waals surface area contributed by atoms with Crippen molar-refractivity contribution in [3.8, 4) is 11.5 Å². The van der Waals surface area contributed by atoms with Gasteiger partial charge in [0.15, 0.2) is 11.5 Å². The number of benzene rings is 1. The molecule has 0 saturated carbocycles. The molecule has 0 bridgehead atoms. The highest BCUT2D eigenvalue weighted by molar-refractivity contribution is 5.94. The van der Waals surface area contributed by atoms with Gasteiger partial charge in [0, 0.05) is 32.0 Å². The molecule has 0 aliphatic heterocycles. The summed E-state index contributed by atoms with van der Waals surface area (Å²) in [5.41, 5.74) is 2.58. The average Bonchev–Trinajstić information content (AvgIpc) is 2.69. The number of rotatable bonds is 9. The zero-order chi connectivity index (χ0) is 18.9. The van der Waals surface area contributed by atoms with Crippen LogP contribution in [0.2, 0.25) is 0 Å². The van der Waals surface area contributed by atoms with Crippen LogP contribution in [0, 0.1) is 0 Å². The third kappa shape index (κ3) is 4.88. The zero-order valence-electron chi connectivity index (χ0n) is 15.9. The van der Waals surface area contributed by atoms with Crippen molar-refractivity contribution in [2.75, 3.05) is 39.2 Å². The second-order valence-electron chi connectivity index (χ2n) is 5.81. The van der Waals surface area contributed by atoms with Gasteiger partial charge in [0.25, 0.3) is 5.91 Å². The third-order valence-corrected chi connectivity index (χ3v) is 4.23. The molecule has 0 aliphatic rings. The van der Waals surface area contributed by atoms with E-state index in [2.05, 4.69) is 10.3 Å². The van der Waals surface area contributed by atoms with Gasteiger partial charge in [-0.3, -0.25) is 9.78 Å². The average molecular weight is 357 g/mol. The maximum absolute atomic E-state index is 12.4. The Balaban J connectivity index is 1.98. The van der Waals surface area contributed by atoms with Gasteiger partial charge in [-0.25, -0.2) is 0 Å². The smallest absolute Gasteiger partial charge is 0.255 e. The Morgan fingerprint density at radius 1 is 1.08 bits per heavy atom. The number of hydrogen-bond acceptors (Lipinski definition) is 5. The molecule has 1 aromatic heterocycles. The Bertz CT molecular complexity index is 730. The number of carbonyl (C=O) groups excluding carboxylic acids is 1. The lowest BCUT2D eigenvalue weighted by Crippen LogP contribution is -2.30. The first-order valence-electron chi connectivity index (χ1n) is 8.82. The number of hydrogen-bond donors (Lipinski definition) is 1. The Labute approximate surface area is 155 Å². The van der Waals surface area contributed by atoms with E-state index < -0.39 is 0 Å². The van der Waals surface area contributed by atoms with Gasteiger partial charge in [0.05, 0.1) is 25.5 Å². The van der Waals surface area contributed by atoms with E-state index >= 15 is 0 Å². The van der Waals surface area contributed by atoms with Crippen molar-refractivity contribution in [3.05, 3.63) is 47.8 Å². The van der Waals surface area contributed by atoms with Crippen LogP contribution in [0.3, 0.4) is 0 Å². The largest absolute Gasteiger partial charge is 0.493 e. The molecule has 0 aliphatic carbocycles. The van der Waals surface area contributed by atoms with Crippen molar-refractivity contribution in [2.24, 2.45) is 0 Å². The van der Waals surface area contributed by atoms with Crippen LogP contribution in [0.5, 0.6) is 11.5 Å². The van der Waals surface area contributed by atoms with E-state index in [1.807, 2.05) is 38.1 Å². The number of anilines is 1. The van der Waals surface area contributed by atoms with Crippen molar-refractivity contribution in [1.82, 2.24) is 9.88 Å². The molecular weight excluding hydrogens is 330 g/mol. The van der Waals surface area contributed by atoms with Crippen LogP contribution in [-0.4, -0.2) is 49.6 Å². The molecule has 0 saturated heterocycles. The standard InChI is InChI=1S/C20H27N3O3/c1-5-23(6-2)20(24)16-12-17(14-21-13-16)22-10-9-15-7-8-18(25-3)19(11-15)26-4/h7-8,11-14,22H,5-6,9-10H2,1-4H3. The topological polar surface area (TPSA) is 63.7 Å². The summed E-state index contributed by atoms with van der Waals surface area (Å²) in [5.74, 6) is 1.44. The Morgan fingerprint density at radius 3 is 2.46 bits per heavy atom. The van der Waals surface area contributed by atoms with Gasteiger partial charge in [-0.1, -0.05) is 6.07 Å². The monoisotopic (exact) mass is 357 g/mol. The number of ether oxygens (including phenoxy) is 2. The number of carbonyl (C=O) groups is 1. The van der Waals surface area contributed by atoms with Crippen LogP contribution in [0.4, 0.5) is 5.69 Å². The quantitative estimate of drug-likeness (QED) is 0.746. The van der Waals surface area contributed by atoms with Crippen molar-refractivity contribution in [2.45, 2.75) is 20.3 Å². The fraction of sp³-hybridized carbons (Fsp3) is 0.400. The van der Waals surface area contributed by atoms with Gasteiger partial charge in [-0.05, 0) is 44.0 Å². The first-order chi connectivity index (χ1) is 12.6. The number of methoxy groups -OCH3 is 2. The van der Waals surface area contributed by atoms with E-state index in [0.29, 0.717) is 18.7 Å². The van der Waals surface area contributed by atoms with Crippen molar-refractivity contribution < 1.29 is 14.3 Å². The van der Waals surface area contributed by atoms with Gasteiger partial charge < -0.3 is 19.7 Å². The van der Waals surface area contributed by atoms with E-state index in [4.69, 9.17) is 9.47 Å². The van der Waals surface area contributed by atoms with Gasteiger partial charge in [-0.15, -0.1) is 0 Å². The third-order valence-electron chi connectivity index (χ3n) is 4.23. The molecule has 6 nitrogen and oxygen atoms in total. The molecule has 1 aromatic carbocycles. The molecule has 1 N–H and O–H groups in total. The summed E-state index contributed by atoms with van der Waals surface area (Å²) in [6.07, 6.45) is 4.16. The molecule has 26 heavy (non-hydrogen) atoms. The van der Waals surface area contributed by atoms with Gasteiger partial charge in [0.1, 0.15) is 0 Å². The summed E-state index contributed by atoms with van der Waals surface area (Å²) < 4.78 is 10.6. The first kappa shape index (κ1) is 19.6. The molecule has 1 heterocycles. The van der Waals surface area contributed by atoms with Crippen molar-refractivity contribution in [3.63, 3.8) is 0 Å². The molecule has 0 atom stereocenters. The maximum Gasteiger partial charge on any atom is 0.255 e. The molecule has 1 amide bonds. The molecule has 6 heteroatoms. The van der Waals surface area contributed by atoms with Crippen molar-refractivity contribution >= 4 is 11.6 Å². The molecule has 0 radical (unpaired) electrons. The molecule has 140 valence electrons. The van der Waals surface area contributed by atoms with Gasteiger partial charge in [-0.2, -0.15) is 0 Å². The highest BCUT2D eigenvalue weighted by atomic mass is 16.5. The molecule has 0 fully saturated rings. The summed E-state index contributed by atoms with van der Waals surface area (Å²) in [4.78, 5) is 18.4. The van der Waals surface area contributed by atoms with Crippen LogP contribution in [0.25, 0.3) is 0 Å². The zero-order valence-corrected chi connectivity index (χ0v) is 15.9. The second-order valence-corrected chi connectivity index (χ2v) is 5.81. The van der Waals surface area contributed by atoms with Crippen LogP contribution in [-0.2, 0) is 6.42 Å². The van der Waals surface area contributed by atoms with E-state index in [1.165, 1.54) is 0 Å². The summed E-state index contributed by atoms with van der Waals surface area (Å²) in [6, 6.07) is 7.74. The van der Waals surface area contributed by atoms with Crippen LogP contribution >= 0.6 is 0 Å². The normalized spacial score (nSPS) is 10.3. The highest BCUT2D eigenvalue weighted by Crippen LogP contribution is 2.27. The first-order valence-corrected chi connectivity index (χ1v) is 8.82. The number of pyridine rings is 1. The Hall–Kier alpha value is -2.76. The predicted molar refractivity (Wildman–Crippen MR) is 103 cm³/mol. The van der Waals surface area contributed by atoms with Crippen molar-refractivity contribution in [1.29, 1.82) is 0 Å². The fourth-order valence-corrected chi connectivity index (χ4v) is 2.73. The summed E-state index contributed by atoms with van der Waals surface area (Å²) in [7, 11) is 3.25. The SMILES string of the molecule is CCN(CC)C(=O)c1cncc(NCCc2ccc(OC)c(OC)c2)c1. The summed E-state index contributed by atoms with van der Waals surface area (Å²) in [6.45, 7) is 6.04. The molecule has 0 unspecified atom stereocenters. The van der Waals surface area contributed by atoms with E-state index in [0.717, 1.165) is 35.7 Å².